The van der Waals surface area contributed by atoms with Crippen molar-refractivity contribution in [3.05, 3.63) is 47.3 Å². The maximum Gasteiger partial charge on any atom is 0.336 e. The number of likely N-dealkylation sites (tertiary alicyclic amines) is 1. The van der Waals surface area contributed by atoms with Crippen molar-refractivity contribution in [1.29, 1.82) is 0 Å². The van der Waals surface area contributed by atoms with Crippen LogP contribution in [0.4, 0.5) is 5.69 Å². The molecule has 0 aliphatic carbocycles. The number of carboxylic acid groups (broad SMARTS) is 1. The van der Waals surface area contributed by atoms with E-state index in [9.17, 15) is 15.0 Å². The number of carboxylic acids is 1. The number of nitrogens with zero attached hydrogens (tertiary/aromatic N) is 3. The van der Waals surface area contributed by atoms with Crippen LogP contribution in [0.15, 0.2) is 30.5 Å². The molecule has 0 amide bonds. The molecule has 0 bridgehead atoms. The Kier molecular flexibility index (Phi) is 7.63. The topological polar surface area (TPSA) is 86.1 Å². The summed E-state index contributed by atoms with van der Waals surface area (Å²) < 4.78 is 5.54. The number of hydrogen-bond donors (Lipinski definition) is 2. The molecule has 1 aromatic carbocycles. The quantitative estimate of drug-likeness (QED) is 0.661. The van der Waals surface area contributed by atoms with Crippen molar-refractivity contribution >= 4 is 11.7 Å². The minimum absolute atomic E-state index is 0.181. The predicted octanol–water partition coefficient (Wildman–Crippen LogP) is 3.72. The first-order chi connectivity index (χ1) is 16.0. The second-order valence-corrected chi connectivity index (χ2v) is 9.15. The second kappa shape index (κ2) is 10.6. The van der Waals surface area contributed by atoms with Gasteiger partial charge in [0.05, 0.1) is 17.4 Å². The maximum atomic E-state index is 12.1. The number of benzene rings is 1. The molecule has 4 rings (SSSR count). The zero-order chi connectivity index (χ0) is 23.4. The Morgan fingerprint density at radius 2 is 1.88 bits per heavy atom. The molecule has 0 unspecified atom stereocenters. The van der Waals surface area contributed by atoms with Crippen LogP contribution in [0.25, 0.3) is 11.1 Å². The minimum atomic E-state index is -0.907. The lowest BCUT2D eigenvalue weighted by Gasteiger charge is -2.36. The van der Waals surface area contributed by atoms with Crippen LogP contribution in [-0.4, -0.2) is 71.1 Å². The molecular weight excluding hydrogens is 418 g/mol. The summed E-state index contributed by atoms with van der Waals surface area (Å²) in [5, 5.41) is 19.6. The number of aliphatic hydroxyl groups is 1. The van der Waals surface area contributed by atoms with Crippen molar-refractivity contribution in [3.8, 4) is 11.1 Å². The molecule has 2 aliphatic rings. The third-order valence-electron chi connectivity index (χ3n) is 6.99. The van der Waals surface area contributed by atoms with Gasteiger partial charge in [0.25, 0.3) is 0 Å². The van der Waals surface area contributed by atoms with Gasteiger partial charge in [0.2, 0.25) is 0 Å². The molecular formula is C26H35N3O4. The summed E-state index contributed by atoms with van der Waals surface area (Å²) in [6.07, 6.45) is 5.18. The molecule has 33 heavy (non-hydrogen) atoms. The number of rotatable bonds is 7. The molecule has 2 N–H and O–H groups in total. The Morgan fingerprint density at radius 1 is 1.15 bits per heavy atom. The van der Waals surface area contributed by atoms with Crippen LogP contribution in [0.5, 0.6) is 0 Å². The summed E-state index contributed by atoms with van der Waals surface area (Å²) in [6, 6.07) is 8.29. The number of pyridine rings is 1. The smallest absolute Gasteiger partial charge is 0.336 e. The van der Waals surface area contributed by atoms with Crippen LogP contribution in [0, 0.1) is 6.92 Å². The van der Waals surface area contributed by atoms with Crippen molar-refractivity contribution in [2.45, 2.75) is 58.2 Å². The summed E-state index contributed by atoms with van der Waals surface area (Å²) in [6.45, 7) is 8.86. The Hall–Kier alpha value is -2.48. The van der Waals surface area contributed by atoms with E-state index in [0.29, 0.717) is 11.6 Å². The van der Waals surface area contributed by atoms with Gasteiger partial charge in [0.15, 0.2) is 0 Å². The molecule has 2 saturated heterocycles. The fourth-order valence-electron chi connectivity index (χ4n) is 5.00. The molecule has 0 saturated carbocycles. The summed E-state index contributed by atoms with van der Waals surface area (Å²) in [5.74, 6) is -0.907. The Morgan fingerprint density at radius 3 is 2.48 bits per heavy atom. The monoisotopic (exact) mass is 453 g/mol. The Bertz CT molecular complexity index is 949. The van der Waals surface area contributed by atoms with E-state index in [-0.39, 0.29) is 6.10 Å². The highest BCUT2D eigenvalue weighted by molar-refractivity contribution is 5.93. The highest BCUT2D eigenvalue weighted by Gasteiger charge is 2.25. The number of aliphatic hydroxyl groups excluding tert-OH is 1. The van der Waals surface area contributed by atoms with Crippen LogP contribution in [0.1, 0.15) is 54.2 Å². The van der Waals surface area contributed by atoms with Gasteiger partial charge in [-0.3, -0.25) is 9.88 Å². The summed E-state index contributed by atoms with van der Waals surface area (Å²) in [5.41, 5.74) is 4.90. The molecule has 2 aliphatic heterocycles. The van der Waals surface area contributed by atoms with Crippen LogP contribution in [0.2, 0.25) is 0 Å². The lowest BCUT2D eigenvalue weighted by atomic mass is 9.96. The molecule has 1 aromatic heterocycles. The van der Waals surface area contributed by atoms with Gasteiger partial charge in [-0.25, -0.2) is 4.79 Å². The van der Waals surface area contributed by atoms with E-state index in [1.807, 2.05) is 25.3 Å². The largest absolute Gasteiger partial charge is 0.478 e. The van der Waals surface area contributed by atoms with Gasteiger partial charge in [-0.15, -0.1) is 0 Å². The van der Waals surface area contributed by atoms with Crippen molar-refractivity contribution in [2.24, 2.45) is 0 Å². The fourth-order valence-corrected chi connectivity index (χ4v) is 5.00. The Labute approximate surface area is 196 Å². The van der Waals surface area contributed by atoms with Crippen LogP contribution in [0.3, 0.4) is 0 Å². The fraction of sp³-hybridized carbons (Fsp3) is 0.538. The van der Waals surface area contributed by atoms with Crippen molar-refractivity contribution in [1.82, 2.24) is 9.88 Å². The summed E-state index contributed by atoms with van der Waals surface area (Å²) in [7, 11) is 0. The van der Waals surface area contributed by atoms with Crippen molar-refractivity contribution < 1.29 is 19.7 Å². The average Bonchev–Trinajstić information content (AvgIpc) is 2.83. The van der Waals surface area contributed by atoms with E-state index >= 15 is 0 Å². The molecule has 0 spiro atoms. The van der Waals surface area contributed by atoms with Gasteiger partial charge in [-0.1, -0.05) is 6.07 Å². The zero-order valence-electron chi connectivity index (χ0n) is 19.7. The number of ether oxygens (including phenoxy) is 1. The van der Waals surface area contributed by atoms with Crippen molar-refractivity contribution in [2.75, 3.05) is 37.7 Å². The lowest BCUT2D eigenvalue weighted by Crippen LogP contribution is -2.40. The highest BCUT2D eigenvalue weighted by Crippen LogP contribution is 2.33. The summed E-state index contributed by atoms with van der Waals surface area (Å²) >= 11 is 0. The van der Waals surface area contributed by atoms with Gasteiger partial charge >= 0.3 is 5.97 Å². The molecule has 0 radical (unpaired) electrons. The number of aromatic nitrogens is 1. The molecule has 7 nitrogen and oxygen atoms in total. The first-order valence-electron chi connectivity index (χ1n) is 12.0. The van der Waals surface area contributed by atoms with E-state index < -0.39 is 5.97 Å². The molecule has 2 fully saturated rings. The number of piperidine rings is 1. The van der Waals surface area contributed by atoms with E-state index in [0.717, 1.165) is 93.1 Å². The molecule has 7 heteroatoms. The lowest BCUT2D eigenvalue weighted by molar-refractivity contribution is 0.0695. The molecule has 0 atom stereocenters. The molecule has 2 aromatic rings. The van der Waals surface area contributed by atoms with Gasteiger partial charge in [0, 0.05) is 62.9 Å². The highest BCUT2D eigenvalue weighted by atomic mass is 16.5. The zero-order valence-corrected chi connectivity index (χ0v) is 19.7. The SMILES string of the molecule is CCN(c1cc(-c2ccc(CN3CCC(O)CC3)nc2)cc(C(=O)O)c1C)C1CCOCC1. The predicted molar refractivity (Wildman–Crippen MR) is 129 cm³/mol. The van der Waals surface area contributed by atoms with Crippen LogP contribution in [-0.2, 0) is 11.3 Å². The normalized spacial score (nSPS) is 18.4. The Balaban J connectivity index is 1.61. The number of carbonyl (C=O) groups is 1. The van der Waals surface area contributed by atoms with Gasteiger partial charge < -0.3 is 19.8 Å². The van der Waals surface area contributed by atoms with E-state index in [2.05, 4.69) is 27.8 Å². The first-order valence-corrected chi connectivity index (χ1v) is 12.0. The van der Waals surface area contributed by atoms with Crippen LogP contribution < -0.4 is 4.90 Å². The number of hydrogen-bond acceptors (Lipinski definition) is 6. The molecule has 3 heterocycles. The standard InChI is InChI=1S/C26H35N3O4/c1-3-29(22-8-12-33-13-9-22)25-15-20(14-24(18(25)2)26(31)32)19-4-5-21(27-16-19)17-28-10-6-23(30)7-11-28/h4-5,14-16,22-23,30H,3,6-13,17H2,1-2H3,(H,31,32). The van der Waals surface area contributed by atoms with E-state index in [1.54, 1.807) is 6.07 Å². The minimum Gasteiger partial charge on any atom is -0.478 e. The average molecular weight is 454 g/mol. The van der Waals surface area contributed by atoms with Gasteiger partial charge in [-0.05, 0) is 68.9 Å². The van der Waals surface area contributed by atoms with Crippen LogP contribution >= 0.6 is 0 Å². The van der Waals surface area contributed by atoms with Gasteiger partial charge in [-0.2, -0.15) is 0 Å². The van der Waals surface area contributed by atoms with Crippen molar-refractivity contribution in [3.63, 3.8) is 0 Å². The van der Waals surface area contributed by atoms with E-state index in [1.165, 1.54) is 0 Å². The number of anilines is 1. The number of aromatic carboxylic acids is 1. The maximum absolute atomic E-state index is 12.1. The summed E-state index contributed by atoms with van der Waals surface area (Å²) in [4.78, 5) is 21.4. The second-order valence-electron chi connectivity index (χ2n) is 9.15. The third kappa shape index (κ3) is 5.54. The molecule has 178 valence electrons. The third-order valence-corrected chi connectivity index (χ3v) is 6.99. The van der Waals surface area contributed by atoms with E-state index in [4.69, 9.17) is 4.74 Å². The first kappa shape index (κ1) is 23.7. The van der Waals surface area contributed by atoms with Gasteiger partial charge in [0.1, 0.15) is 0 Å².